The molecule has 1 unspecified atom stereocenters. The number of nitrogens with zero attached hydrogens (tertiary/aromatic N) is 3. The van der Waals surface area contributed by atoms with Gasteiger partial charge in [0, 0.05) is 32.2 Å². The molecule has 23 heavy (non-hydrogen) atoms. The lowest BCUT2D eigenvalue weighted by molar-refractivity contribution is 0.190. The molecule has 3 rings (SSSR count). The number of rotatable bonds is 7. The molecule has 1 aliphatic carbocycles. The summed E-state index contributed by atoms with van der Waals surface area (Å²) in [6.07, 6.45) is 5.25. The van der Waals surface area contributed by atoms with E-state index in [0.717, 1.165) is 36.1 Å². The lowest BCUT2D eigenvalue weighted by Crippen LogP contribution is -2.31. The topological polar surface area (TPSA) is 47.5 Å². The van der Waals surface area contributed by atoms with Crippen LogP contribution in [-0.4, -0.2) is 50.5 Å². The van der Waals surface area contributed by atoms with Crippen molar-refractivity contribution < 1.29 is 9.47 Å². The first-order valence-electron chi connectivity index (χ1n) is 8.22. The zero-order valence-electron chi connectivity index (χ0n) is 14.2. The summed E-state index contributed by atoms with van der Waals surface area (Å²) in [5.74, 6) is 1.81. The fourth-order valence-corrected chi connectivity index (χ4v) is 4.57. The highest BCUT2D eigenvalue weighted by Gasteiger charge is 2.24. The highest BCUT2D eigenvalue weighted by molar-refractivity contribution is 7.19. The number of ether oxygens (including phenoxy) is 2. The molecule has 0 aromatic carbocycles. The Labute approximate surface area is 141 Å². The number of hydrogen-bond acceptors (Lipinski definition) is 6. The van der Waals surface area contributed by atoms with E-state index in [1.807, 2.05) is 11.3 Å². The standard InChI is InChI=1S/C17H25N3O2S/c1-12-4-5-13-14(10-12)23-17-15(13)16(18-11-19-17)20(6-8-21-2)7-9-22-3/h11-12H,4-10H2,1-3H3. The Morgan fingerprint density at radius 3 is 2.65 bits per heavy atom. The van der Waals surface area contributed by atoms with Gasteiger partial charge in [0.05, 0.1) is 18.6 Å². The Kier molecular flexibility index (Phi) is 5.46. The largest absolute Gasteiger partial charge is 0.383 e. The summed E-state index contributed by atoms with van der Waals surface area (Å²) in [4.78, 5) is 14.0. The second kappa shape index (κ2) is 7.55. The van der Waals surface area contributed by atoms with Gasteiger partial charge in [0.2, 0.25) is 0 Å². The van der Waals surface area contributed by atoms with Crippen LogP contribution >= 0.6 is 11.3 Å². The molecule has 0 spiro atoms. The van der Waals surface area contributed by atoms with Crippen LogP contribution in [0.3, 0.4) is 0 Å². The maximum Gasteiger partial charge on any atom is 0.141 e. The smallest absolute Gasteiger partial charge is 0.141 e. The normalized spacial score (nSPS) is 17.4. The molecular formula is C17H25N3O2S. The van der Waals surface area contributed by atoms with Crippen LogP contribution in [0.2, 0.25) is 0 Å². The fraction of sp³-hybridized carbons (Fsp3) is 0.647. The van der Waals surface area contributed by atoms with Crippen LogP contribution in [0.1, 0.15) is 23.8 Å². The maximum atomic E-state index is 5.27. The molecule has 1 aliphatic rings. The minimum atomic E-state index is 0.679. The molecule has 0 saturated carbocycles. The van der Waals surface area contributed by atoms with Crippen molar-refractivity contribution >= 4 is 27.4 Å². The third-order valence-electron chi connectivity index (χ3n) is 4.50. The first-order chi connectivity index (χ1) is 11.2. The summed E-state index contributed by atoms with van der Waals surface area (Å²) < 4.78 is 10.5. The average Bonchev–Trinajstić information content (AvgIpc) is 2.92. The van der Waals surface area contributed by atoms with Crippen LogP contribution in [-0.2, 0) is 22.3 Å². The lowest BCUT2D eigenvalue weighted by atomic mass is 9.89. The first-order valence-corrected chi connectivity index (χ1v) is 9.04. The van der Waals surface area contributed by atoms with Gasteiger partial charge in [-0.1, -0.05) is 6.92 Å². The summed E-state index contributed by atoms with van der Waals surface area (Å²) in [7, 11) is 3.47. The number of thiophene rings is 1. The van der Waals surface area contributed by atoms with E-state index in [9.17, 15) is 0 Å². The van der Waals surface area contributed by atoms with Gasteiger partial charge in [-0.25, -0.2) is 9.97 Å². The van der Waals surface area contributed by atoms with Gasteiger partial charge in [-0.2, -0.15) is 0 Å². The van der Waals surface area contributed by atoms with Crippen molar-refractivity contribution in [3.05, 3.63) is 16.8 Å². The molecule has 0 amide bonds. The van der Waals surface area contributed by atoms with Crippen LogP contribution in [0.25, 0.3) is 10.2 Å². The molecule has 0 bridgehead atoms. The van der Waals surface area contributed by atoms with Crippen molar-refractivity contribution in [3.8, 4) is 0 Å². The van der Waals surface area contributed by atoms with Gasteiger partial charge in [0.25, 0.3) is 0 Å². The molecule has 0 radical (unpaired) electrons. The van der Waals surface area contributed by atoms with E-state index in [-0.39, 0.29) is 0 Å². The highest BCUT2D eigenvalue weighted by atomic mass is 32.1. The van der Waals surface area contributed by atoms with E-state index in [2.05, 4.69) is 21.8 Å². The quantitative estimate of drug-likeness (QED) is 0.778. The maximum absolute atomic E-state index is 5.27. The molecule has 0 aliphatic heterocycles. The highest BCUT2D eigenvalue weighted by Crippen LogP contribution is 2.40. The first kappa shape index (κ1) is 16.6. The van der Waals surface area contributed by atoms with E-state index in [0.29, 0.717) is 13.2 Å². The molecule has 0 N–H and O–H groups in total. The number of aromatic nitrogens is 2. The van der Waals surface area contributed by atoms with Crippen molar-refractivity contribution in [2.24, 2.45) is 5.92 Å². The monoisotopic (exact) mass is 335 g/mol. The fourth-order valence-electron chi connectivity index (χ4n) is 3.22. The third-order valence-corrected chi connectivity index (χ3v) is 5.66. The number of fused-ring (bicyclic) bond motifs is 3. The van der Waals surface area contributed by atoms with Crippen molar-refractivity contribution in [1.29, 1.82) is 0 Å². The SMILES string of the molecule is COCCN(CCOC)c1ncnc2sc3c(c12)CCC(C)C3. The van der Waals surface area contributed by atoms with Crippen molar-refractivity contribution in [1.82, 2.24) is 9.97 Å². The Morgan fingerprint density at radius 1 is 1.22 bits per heavy atom. The Morgan fingerprint density at radius 2 is 1.96 bits per heavy atom. The zero-order valence-corrected chi connectivity index (χ0v) is 15.0. The molecule has 126 valence electrons. The van der Waals surface area contributed by atoms with E-state index in [4.69, 9.17) is 9.47 Å². The van der Waals surface area contributed by atoms with Gasteiger partial charge >= 0.3 is 0 Å². The van der Waals surface area contributed by atoms with E-state index in [1.54, 1.807) is 20.5 Å². The van der Waals surface area contributed by atoms with Crippen LogP contribution < -0.4 is 4.90 Å². The number of hydrogen-bond donors (Lipinski definition) is 0. The van der Waals surface area contributed by atoms with Gasteiger partial charge < -0.3 is 14.4 Å². The Hall–Kier alpha value is -1.24. The molecule has 2 heterocycles. The molecule has 0 saturated heterocycles. The van der Waals surface area contributed by atoms with Crippen LogP contribution in [0.15, 0.2) is 6.33 Å². The predicted octanol–water partition coefficient (Wildman–Crippen LogP) is 2.92. The summed E-state index contributed by atoms with van der Waals surface area (Å²) in [5.41, 5.74) is 1.47. The predicted molar refractivity (Wildman–Crippen MR) is 94.6 cm³/mol. The number of anilines is 1. The molecule has 6 heteroatoms. The Bertz CT molecular complexity index is 651. The summed E-state index contributed by atoms with van der Waals surface area (Å²) >= 11 is 1.84. The molecule has 1 atom stereocenters. The molecule has 0 fully saturated rings. The van der Waals surface area contributed by atoms with Gasteiger partial charge in [0.1, 0.15) is 17.0 Å². The van der Waals surface area contributed by atoms with E-state index in [1.165, 1.54) is 28.7 Å². The van der Waals surface area contributed by atoms with Crippen LogP contribution in [0.4, 0.5) is 5.82 Å². The summed E-state index contributed by atoms with van der Waals surface area (Å²) in [6.45, 7) is 5.32. The minimum absolute atomic E-state index is 0.679. The second-order valence-corrected chi connectivity index (χ2v) is 7.29. The van der Waals surface area contributed by atoms with Crippen LogP contribution in [0.5, 0.6) is 0 Å². The number of methoxy groups -OCH3 is 2. The summed E-state index contributed by atoms with van der Waals surface area (Å²) in [5, 5.41) is 1.26. The van der Waals surface area contributed by atoms with Gasteiger partial charge in [-0.3, -0.25) is 0 Å². The van der Waals surface area contributed by atoms with Gasteiger partial charge in [0.15, 0.2) is 0 Å². The van der Waals surface area contributed by atoms with Crippen molar-refractivity contribution in [2.75, 3.05) is 45.4 Å². The zero-order chi connectivity index (χ0) is 16.2. The van der Waals surface area contributed by atoms with Crippen LogP contribution in [0, 0.1) is 5.92 Å². The van der Waals surface area contributed by atoms with Gasteiger partial charge in [-0.05, 0) is 30.7 Å². The molecule has 2 aromatic rings. The van der Waals surface area contributed by atoms with Crippen molar-refractivity contribution in [2.45, 2.75) is 26.2 Å². The lowest BCUT2D eigenvalue weighted by Gasteiger charge is -2.25. The molecule has 2 aromatic heterocycles. The molecular weight excluding hydrogens is 310 g/mol. The third kappa shape index (κ3) is 3.49. The number of aryl methyl sites for hydroxylation is 1. The summed E-state index contributed by atoms with van der Waals surface area (Å²) in [6, 6.07) is 0. The second-order valence-electron chi connectivity index (χ2n) is 6.20. The molecule has 5 nitrogen and oxygen atoms in total. The van der Waals surface area contributed by atoms with E-state index < -0.39 is 0 Å². The van der Waals surface area contributed by atoms with E-state index >= 15 is 0 Å². The van der Waals surface area contributed by atoms with Crippen molar-refractivity contribution in [3.63, 3.8) is 0 Å². The Balaban J connectivity index is 2.01. The van der Waals surface area contributed by atoms with Gasteiger partial charge in [-0.15, -0.1) is 11.3 Å². The average molecular weight is 335 g/mol. The minimum Gasteiger partial charge on any atom is -0.383 e.